The Morgan fingerprint density at radius 3 is 2.90 bits per heavy atom. The molecule has 0 bridgehead atoms. The van der Waals surface area contributed by atoms with E-state index in [-0.39, 0.29) is 5.91 Å². The van der Waals surface area contributed by atoms with Gasteiger partial charge in [-0.1, -0.05) is 18.2 Å². The number of para-hydroxylation sites is 1. The highest BCUT2D eigenvalue weighted by atomic mass is 16.1. The SMILES string of the molecule is O=C1Cc2ccccc2[N]1. The number of fused-ring (bicyclic) bond motifs is 1. The van der Waals surface area contributed by atoms with Gasteiger partial charge in [0.15, 0.2) is 0 Å². The molecule has 0 aliphatic carbocycles. The van der Waals surface area contributed by atoms with E-state index in [1.54, 1.807) is 0 Å². The molecule has 1 aromatic rings. The Kier molecular flexibility index (Phi) is 1.01. The van der Waals surface area contributed by atoms with Gasteiger partial charge in [0, 0.05) is 0 Å². The summed E-state index contributed by atoms with van der Waals surface area (Å²) in [6.07, 6.45) is 0.482. The van der Waals surface area contributed by atoms with E-state index in [2.05, 4.69) is 5.32 Å². The molecular weight excluding hydrogens is 126 g/mol. The number of rotatable bonds is 0. The van der Waals surface area contributed by atoms with E-state index in [1.165, 1.54) is 0 Å². The Labute approximate surface area is 58.9 Å². The fourth-order valence-corrected chi connectivity index (χ4v) is 1.11. The van der Waals surface area contributed by atoms with Crippen molar-refractivity contribution >= 4 is 11.6 Å². The maximum absolute atomic E-state index is 10.7. The van der Waals surface area contributed by atoms with Crippen molar-refractivity contribution in [3.63, 3.8) is 0 Å². The summed E-state index contributed by atoms with van der Waals surface area (Å²) < 4.78 is 0. The van der Waals surface area contributed by atoms with E-state index in [0.717, 1.165) is 11.3 Å². The highest BCUT2D eigenvalue weighted by molar-refractivity contribution is 5.89. The molecule has 1 aliphatic heterocycles. The molecule has 0 saturated carbocycles. The first-order valence-electron chi connectivity index (χ1n) is 3.19. The second-order valence-corrected chi connectivity index (χ2v) is 2.31. The molecule has 0 aromatic heterocycles. The van der Waals surface area contributed by atoms with Crippen LogP contribution in [0.2, 0.25) is 0 Å². The summed E-state index contributed by atoms with van der Waals surface area (Å²) >= 11 is 0. The summed E-state index contributed by atoms with van der Waals surface area (Å²) in [5.74, 6) is -0.0267. The summed E-state index contributed by atoms with van der Waals surface area (Å²) in [5.41, 5.74) is 1.89. The van der Waals surface area contributed by atoms with Gasteiger partial charge in [0.2, 0.25) is 0 Å². The fourth-order valence-electron chi connectivity index (χ4n) is 1.11. The lowest BCUT2D eigenvalue weighted by Gasteiger charge is -1.90. The van der Waals surface area contributed by atoms with Gasteiger partial charge in [0.25, 0.3) is 5.91 Å². The summed E-state index contributed by atoms with van der Waals surface area (Å²) in [6.45, 7) is 0. The second-order valence-electron chi connectivity index (χ2n) is 2.31. The van der Waals surface area contributed by atoms with Gasteiger partial charge in [0.1, 0.15) is 0 Å². The van der Waals surface area contributed by atoms with Crippen LogP contribution < -0.4 is 5.32 Å². The van der Waals surface area contributed by atoms with Crippen molar-refractivity contribution in [1.29, 1.82) is 0 Å². The number of hydrogen-bond acceptors (Lipinski definition) is 1. The summed E-state index contributed by atoms with van der Waals surface area (Å²) in [4.78, 5) is 10.7. The molecule has 1 heterocycles. The molecule has 1 radical (unpaired) electrons. The van der Waals surface area contributed by atoms with Crippen LogP contribution in [0.25, 0.3) is 0 Å². The van der Waals surface area contributed by atoms with Crippen LogP contribution in [0.1, 0.15) is 5.56 Å². The molecule has 2 nitrogen and oxygen atoms in total. The standard InChI is InChI=1S/C8H6NO/c10-8-5-6-3-1-2-4-7(6)9-8/h1-4H,5H2. The highest BCUT2D eigenvalue weighted by Crippen LogP contribution is 2.21. The van der Waals surface area contributed by atoms with Crippen LogP contribution in [0.3, 0.4) is 0 Å². The molecule has 10 heavy (non-hydrogen) atoms. The maximum atomic E-state index is 10.7. The number of nitrogens with zero attached hydrogens (tertiary/aromatic N) is 1. The van der Waals surface area contributed by atoms with Crippen molar-refractivity contribution in [2.75, 3.05) is 0 Å². The van der Waals surface area contributed by atoms with Crippen LogP contribution in [0.15, 0.2) is 24.3 Å². The van der Waals surface area contributed by atoms with Crippen LogP contribution in [0.5, 0.6) is 0 Å². The Hall–Kier alpha value is -1.31. The predicted molar refractivity (Wildman–Crippen MR) is 36.9 cm³/mol. The minimum absolute atomic E-state index is 0.0267. The molecule has 49 valence electrons. The molecular formula is C8H6NO. The van der Waals surface area contributed by atoms with Gasteiger partial charge in [-0.2, -0.15) is 0 Å². The lowest BCUT2D eigenvalue weighted by Crippen LogP contribution is -2.02. The summed E-state index contributed by atoms with van der Waals surface area (Å²) in [5, 5.41) is 3.81. The van der Waals surface area contributed by atoms with Gasteiger partial charge in [-0.3, -0.25) is 4.79 Å². The zero-order valence-electron chi connectivity index (χ0n) is 5.37. The third kappa shape index (κ3) is 0.692. The molecule has 1 aromatic carbocycles. The van der Waals surface area contributed by atoms with E-state index in [9.17, 15) is 4.79 Å². The van der Waals surface area contributed by atoms with E-state index in [0.29, 0.717) is 6.42 Å². The molecule has 1 amide bonds. The van der Waals surface area contributed by atoms with Crippen molar-refractivity contribution in [2.45, 2.75) is 6.42 Å². The van der Waals surface area contributed by atoms with Gasteiger partial charge in [-0.05, 0) is 11.6 Å². The summed E-state index contributed by atoms with van der Waals surface area (Å²) in [7, 11) is 0. The first-order valence-corrected chi connectivity index (χ1v) is 3.19. The number of carbonyl (C=O) groups excluding carboxylic acids is 1. The van der Waals surface area contributed by atoms with E-state index < -0.39 is 0 Å². The molecule has 2 rings (SSSR count). The average molecular weight is 132 g/mol. The Morgan fingerprint density at radius 2 is 2.10 bits per heavy atom. The fraction of sp³-hybridized carbons (Fsp3) is 0.125. The van der Waals surface area contributed by atoms with Crippen LogP contribution in [-0.4, -0.2) is 5.91 Å². The minimum atomic E-state index is -0.0267. The van der Waals surface area contributed by atoms with Crippen molar-refractivity contribution in [3.05, 3.63) is 29.8 Å². The van der Waals surface area contributed by atoms with Crippen molar-refractivity contribution in [2.24, 2.45) is 0 Å². The second kappa shape index (κ2) is 1.84. The summed E-state index contributed by atoms with van der Waals surface area (Å²) in [6, 6.07) is 7.61. The van der Waals surface area contributed by atoms with Gasteiger partial charge < -0.3 is 0 Å². The topological polar surface area (TPSA) is 31.2 Å². The monoisotopic (exact) mass is 132 g/mol. The zero-order valence-corrected chi connectivity index (χ0v) is 5.37. The lowest BCUT2D eigenvalue weighted by atomic mass is 10.2. The Morgan fingerprint density at radius 1 is 1.30 bits per heavy atom. The van der Waals surface area contributed by atoms with Crippen molar-refractivity contribution in [1.82, 2.24) is 5.32 Å². The molecule has 0 unspecified atom stereocenters. The van der Waals surface area contributed by atoms with Crippen LogP contribution in [-0.2, 0) is 11.2 Å². The average Bonchev–Trinajstić information content (AvgIpc) is 2.27. The van der Waals surface area contributed by atoms with Crippen molar-refractivity contribution in [3.8, 4) is 0 Å². The third-order valence-electron chi connectivity index (χ3n) is 1.58. The number of amides is 1. The maximum Gasteiger partial charge on any atom is 0.250 e. The van der Waals surface area contributed by atoms with Gasteiger partial charge in [-0.15, -0.1) is 0 Å². The Balaban J connectivity index is 2.51. The molecule has 2 heteroatoms. The first-order chi connectivity index (χ1) is 4.86. The molecule has 0 spiro atoms. The highest BCUT2D eigenvalue weighted by Gasteiger charge is 2.17. The van der Waals surface area contributed by atoms with E-state index >= 15 is 0 Å². The number of benzene rings is 1. The quantitative estimate of drug-likeness (QED) is 0.518. The van der Waals surface area contributed by atoms with E-state index in [1.807, 2.05) is 24.3 Å². The van der Waals surface area contributed by atoms with Crippen LogP contribution >= 0.6 is 0 Å². The zero-order chi connectivity index (χ0) is 6.97. The van der Waals surface area contributed by atoms with Crippen molar-refractivity contribution < 1.29 is 4.79 Å². The third-order valence-corrected chi connectivity index (χ3v) is 1.58. The van der Waals surface area contributed by atoms with Crippen LogP contribution in [0.4, 0.5) is 5.69 Å². The molecule has 0 fully saturated rings. The van der Waals surface area contributed by atoms with Crippen LogP contribution in [0, 0.1) is 0 Å². The van der Waals surface area contributed by atoms with E-state index in [4.69, 9.17) is 0 Å². The lowest BCUT2D eigenvalue weighted by molar-refractivity contribution is -0.118. The minimum Gasteiger partial charge on any atom is -0.272 e. The largest absolute Gasteiger partial charge is 0.272 e. The molecule has 0 N–H and O–H groups in total. The molecule has 0 atom stereocenters. The van der Waals surface area contributed by atoms with Gasteiger partial charge in [0.05, 0.1) is 12.1 Å². The van der Waals surface area contributed by atoms with Gasteiger partial charge >= 0.3 is 0 Å². The first kappa shape index (κ1) is 5.47. The normalized spacial score (nSPS) is 14.6. The number of hydrogen-bond donors (Lipinski definition) is 0. The molecule has 0 saturated heterocycles. The number of carbonyl (C=O) groups is 1. The smallest absolute Gasteiger partial charge is 0.250 e. The predicted octanol–water partition coefficient (Wildman–Crippen LogP) is 1.01. The molecule has 1 aliphatic rings. The Bertz CT molecular complexity index is 253. The van der Waals surface area contributed by atoms with Gasteiger partial charge in [-0.25, -0.2) is 5.32 Å².